The van der Waals surface area contributed by atoms with Crippen molar-refractivity contribution in [2.45, 2.75) is 0 Å². The van der Waals surface area contributed by atoms with Gasteiger partial charge in [0.25, 0.3) is 0 Å². The van der Waals surface area contributed by atoms with E-state index < -0.39 is 0 Å². The molecule has 0 radical (unpaired) electrons. The SMILES string of the molecule is c1ccc(N(c2ccccc2)c2cccc(-c3cnc4oc5ccc(-c6cccc(-c7cccc8c7sc7ccccc78)c6)cc5c4n3)c2)cc1. The van der Waals surface area contributed by atoms with Gasteiger partial charge in [0.05, 0.1) is 11.9 Å². The van der Waals surface area contributed by atoms with E-state index in [0.29, 0.717) is 5.71 Å². The fraction of sp³-hybridized carbons (Fsp3) is 0. The van der Waals surface area contributed by atoms with Crippen LogP contribution < -0.4 is 4.90 Å². The zero-order valence-electron chi connectivity index (χ0n) is 27.4. The van der Waals surface area contributed by atoms with E-state index in [4.69, 9.17) is 14.4 Å². The largest absolute Gasteiger partial charge is 0.436 e. The Morgan fingerprint density at radius 3 is 2.00 bits per heavy atom. The van der Waals surface area contributed by atoms with Crippen LogP contribution in [0.15, 0.2) is 180 Å². The fourth-order valence-corrected chi connectivity index (χ4v) is 8.34. The summed E-state index contributed by atoms with van der Waals surface area (Å²) < 4.78 is 8.83. The lowest BCUT2D eigenvalue weighted by molar-refractivity contribution is 0.653. The Kier molecular flexibility index (Phi) is 6.96. The number of anilines is 3. The first-order chi connectivity index (χ1) is 25.3. The van der Waals surface area contributed by atoms with Crippen molar-refractivity contribution < 1.29 is 4.42 Å². The van der Waals surface area contributed by atoms with E-state index >= 15 is 0 Å². The van der Waals surface area contributed by atoms with Gasteiger partial charge in [0.1, 0.15) is 11.1 Å². The van der Waals surface area contributed by atoms with Crippen LogP contribution in [0.3, 0.4) is 0 Å². The Morgan fingerprint density at radius 2 is 1.16 bits per heavy atom. The topological polar surface area (TPSA) is 42.2 Å². The summed E-state index contributed by atoms with van der Waals surface area (Å²) in [5.74, 6) is 0. The number of nitrogens with zero attached hydrogens (tertiary/aromatic N) is 3. The van der Waals surface area contributed by atoms with Gasteiger partial charge in [-0.1, -0.05) is 109 Å². The number of hydrogen-bond acceptors (Lipinski definition) is 5. The second-order valence-corrected chi connectivity index (χ2v) is 13.7. The molecule has 240 valence electrons. The van der Waals surface area contributed by atoms with E-state index in [0.717, 1.165) is 55.9 Å². The normalized spacial score (nSPS) is 11.5. The van der Waals surface area contributed by atoms with Crippen LogP contribution in [0.1, 0.15) is 0 Å². The van der Waals surface area contributed by atoms with E-state index in [1.165, 1.54) is 31.3 Å². The molecule has 0 saturated heterocycles. The highest BCUT2D eigenvalue weighted by molar-refractivity contribution is 7.26. The molecule has 10 aromatic rings. The third-order valence-electron chi connectivity index (χ3n) is 9.52. The maximum Gasteiger partial charge on any atom is 0.246 e. The second-order valence-electron chi connectivity index (χ2n) is 12.6. The zero-order valence-corrected chi connectivity index (χ0v) is 28.2. The Morgan fingerprint density at radius 1 is 0.490 bits per heavy atom. The number of fused-ring (bicyclic) bond motifs is 6. The molecule has 0 saturated carbocycles. The van der Waals surface area contributed by atoms with Crippen LogP contribution in [0.5, 0.6) is 0 Å². The minimum Gasteiger partial charge on any atom is -0.436 e. The van der Waals surface area contributed by atoms with Gasteiger partial charge in [0, 0.05) is 48.2 Å². The standard InChI is InChI=1S/C46H29N3OS/c1-3-15-34(16-4-1)49(35-17-5-2-6-18-35)36-19-10-14-33(27-36)41-29-47-46-44(48-41)40-28-31(24-25-42(40)50-46)30-12-9-13-32(26-30)37-21-11-22-39-38-20-7-8-23-43(38)51-45(37)39/h1-29H. The Labute approximate surface area is 298 Å². The summed E-state index contributed by atoms with van der Waals surface area (Å²) in [5.41, 5.74) is 11.7. The number of benzene rings is 7. The number of rotatable bonds is 6. The van der Waals surface area contributed by atoms with Gasteiger partial charge < -0.3 is 9.32 Å². The van der Waals surface area contributed by atoms with Gasteiger partial charge in [-0.3, -0.25) is 0 Å². The van der Waals surface area contributed by atoms with E-state index in [2.05, 4.69) is 157 Å². The van der Waals surface area contributed by atoms with Gasteiger partial charge in [-0.2, -0.15) is 0 Å². The van der Waals surface area contributed by atoms with Crippen LogP contribution in [0.2, 0.25) is 0 Å². The Balaban J connectivity index is 1.04. The molecule has 0 atom stereocenters. The maximum absolute atomic E-state index is 6.20. The fourth-order valence-electron chi connectivity index (χ4n) is 7.10. The first-order valence-electron chi connectivity index (χ1n) is 17.0. The molecule has 0 N–H and O–H groups in total. The molecule has 51 heavy (non-hydrogen) atoms. The molecular weight excluding hydrogens is 643 g/mol. The highest BCUT2D eigenvalue weighted by Crippen LogP contribution is 2.41. The molecular formula is C46H29N3OS. The van der Waals surface area contributed by atoms with Crippen LogP contribution in [-0.4, -0.2) is 9.97 Å². The smallest absolute Gasteiger partial charge is 0.246 e. The molecule has 4 nitrogen and oxygen atoms in total. The first kappa shape index (κ1) is 29.4. The van der Waals surface area contributed by atoms with E-state index in [-0.39, 0.29) is 0 Å². The lowest BCUT2D eigenvalue weighted by atomic mass is 9.97. The van der Waals surface area contributed by atoms with Gasteiger partial charge in [-0.05, 0) is 82.9 Å². The van der Waals surface area contributed by atoms with Gasteiger partial charge >= 0.3 is 0 Å². The average molecular weight is 672 g/mol. The van der Waals surface area contributed by atoms with Crippen molar-refractivity contribution in [2.75, 3.05) is 4.90 Å². The summed E-state index contributed by atoms with van der Waals surface area (Å²) >= 11 is 1.86. The monoisotopic (exact) mass is 671 g/mol. The summed E-state index contributed by atoms with van der Waals surface area (Å²) in [6.07, 6.45) is 1.80. The van der Waals surface area contributed by atoms with Crippen LogP contribution in [0, 0.1) is 0 Å². The summed E-state index contributed by atoms with van der Waals surface area (Å²) in [6, 6.07) is 59.7. The Bertz CT molecular complexity index is 2840. The lowest BCUT2D eigenvalue weighted by Gasteiger charge is -2.25. The minimum absolute atomic E-state index is 0.530. The molecule has 10 rings (SSSR count). The number of thiophene rings is 1. The third kappa shape index (κ3) is 5.14. The van der Waals surface area contributed by atoms with Gasteiger partial charge in [-0.15, -0.1) is 11.3 Å². The van der Waals surface area contributed by atoms with Crippen LogP contribution >= 0.6 is 11.3 Å². The highest BCUT2D eigenvalue weighted by atomic mass is 32.1. The van der Waals surface area contributed by atoms with Crippen molar-refractivity contribution in [1.29, 1.82) is 0 Å². The summed E-state index contributed by atoms with van der Waals surface area (Å²) in [5, 5.41) is 3.56. The predicted molar refractivity (Wildman–Crippen MR) is 213 cm³/mol. The quantitative estimate of drug-likeness (QED) is 0.176. The van der Waals surface area contributed by atoms with E-state index in [1.807, 2.05) is 29.5 Å². The lowest BCUT2D eigenvalue weighted by Crippen LogP contribution is -2.09. The first-order valence-corrected chi connectivity index (χ1v) is 17.8. The number of aromatic nitrogens is 2. The van der Waals surface area contributed by atoms with E-state index in [9.17, 15) is 0 Å². The average Bonchev–Trinajstić information content (AvgIpc) is 3.77. The molecule has 0 amide bonds. The minimum atomic E-state index is 0.530. The zero-order chi connectivity index (χ0) is 33.7. The third-order valence-corrected chi connectivity index (χ3v) is 10.7. The van der Waals surface area contributed by atoms with Gasteiger partial charge in [0.15, 0.2) is 0 Å². The molecule has 5 heteroatoms. The highest BCUT2D eigenvalue weighted by Gasteiger charge is 2.17. The number of furan rings is 1. The van der Waals surface area contributed by atoms with Crippen molar-refractivity contribution in [3.63, 3.8) is 0 Å². The van der Waals surface area contributed by atoms with Crippen molar-refractivity contribution in [3.8, 4) is 33.5 Å². The van der Waals surface area contributed by atoms with Gasteiger partial charge in [-0.25, -0.2) is 9.97 Å². The molecule has 0 aliphatic rings. The van der Waals surface area contributed by atoms with Crippen molar-refractivity contribution >= 4 is 70.8 Å². The van der Waals surface area contributed by atoms with Crippen molar-refractivity contribution in [3.05, 3.63) is 176 Å². The maximum atomic E-state index is 6.20. The molecule has 0 aliphatic heterocycles. The van der Waals surface area contributed by atoms with Crippen molar-refractivity contribution in [1.82, 2.24) is 9.97 Å². The molecule has 7 aromatic carbocycles. The molecule has 0 bridgehead atoms. The van der Waals surface area contributed by atoms with Crippen molar-refractivity contribution in [2.24, 2.45) is 0 Å². The van der Waals surface area contributed by atoms with Crippen LogP contribution in [0.4, 0.5) is 17.1 Å². The predicted octanol–water partition coefficient (Wildman–Crippen LogP) is 13.2. The summed E-state index contributed by atoms with van der Waals surface area (Å²) in [6.45, 7) is 0. The summed E-state index contributed by atoms with van der Waals surface area (Å²) in [7, 11) is 0. The molecule has 0 spiro atoms. The molecule has 3 heterocycles. The number of para-hydroxylation sites is 2. The number of hydrogen-bond donors (Lipinski definition) is 0. The second kappa shape index (κ2) is 12.1. The van der Waals surface area contributed by atoms with Crippen LogP contribution in [-0.2, 0) is 0 Å². The molecule has 3 aromatic heterocycles. The molecule has 0 fully saturated rings. The van der Waals surface area contributed by atoms with Gasteiger partial charge in [0.2, 0.25) is 5.71 Å². The summed E-state index contributed by atoms with van der Waals surface area (Å²) in [4.78, 5) is 12.2. The molecule has 0 aliphatic carbocycles. The Hall–Kier alpha value is -6.56. The van der Waals surface area contributed by atoms with E-state index in [1.54, 1.807) is 6.20 Å². The van der Waals surface area contributed by atoms with Crippen LogP contribution in [0.25, 0.3) is 75.9 Å². The molecule has 0 unspecified atom stereocenters.